The predicted molar refractivity (Wildman–Crippen MR) is 104 cm³/mol. The van der Waals surface area contributed by atoms with E-state index in [1.165, 1.54) is 32.1 Å². The first-order valence-electron chi connectivity index (χ1n) is 9.78. The maximum atomic E-state index is 12.1. The number of carbonyl (C=O) groups is 1. The van der Waals surface area contributed by atoms with Crippen LogP contribution in [-0.4, -0.2) is 48.6 Å². The zero-order valence-corrected chi connectivity index (χ0v) is 15.5. The zero-order valence-electron chi connectivity index (χ0n) is 15.5. The molecule has 0 radical (unpaired) electrons. The summed E-state index contributed by atoms with van der Waals surface area (Å²) in [5.41, 5.74) is 0.860. The van der Waals surface area contributed by atoms with Gasteiger partial charge < -0.3 is 15.0 Å². The molecule has 140 valence electrons. The van der Waals surface area contributed by atoms with Crippen LogP contribution in [0.25, 0.3) is 10.9 Å². The van der Waals surface area contributed by atoms with Gasteiger partial charge in [-0.25, -0.2) is 0 Å². The number of benzene rings is 1. The largest absolute Gasteiger partial charge is 0.489 e. The van der Waals surface area contributed by atoms with Crippen molar-refractivity contribution in [2.45, 2.75) is 38.5 Å². The summed E-state index contributed by atoms with van der Waals surface area (Å²) in [4.78, 5) is 18.9. The highest BCUT2D eigenvalue weighted by molar-refractivity contribution is 5.84. The van der Waals surface area contributed by atoms with E-state index in [4.69, 9.17) is 4.74 Å². The van der Waals surface area contributed by atoms with E-state index in [2.05, 4.69) is 15.2 Å². The molecule has 1 aliphatic heterocycles. The third-order valence-electron chi connectivity index (χ3n) is 4.88. The predicted octanol–water partition coefficient (Wildman–Crippen LogP) is 3.39. The Balaban J connectivity index is 1.35. The number of aromatic nitrogens is 1. The minimum Gasteiger partial charge on any atom is -0.489 e. The molecule has 3 rings (SSSR count). The topological polar surface area (TPSA) is 54.5 Å². The Labute approximate surface area is 155 Å². The van der Waals surface area contributed by atoms with Gasteiger partial charge in [-0.1, -0.05) is 37.5 Å². The number of hydrogen-bond donors (Lipinski definition) is 1. The molecule has 5 heteroatoms. The number of ether oxygens (including phenoxy) is 1. The van der Waals surface area contributed by atoms with Gasteiger partial charge >= 0.3 is 0 Å². The van der Waals surface area contributed by atoms with Crippen molar-refractivity contribution in [1.82, 2.24) is 15.2 Å². The number of amides is 1. The average Bonchev–Trinajstić information content (AvgIpc) is 2.64. The Bertz CT molecular complexity index is 691. The van der Waals surface area contributed by atoms with Gasteiger partial charge in [-0.3, -0.25) is 9.78 Å². The van der Waals surface area contributed by atoms with E-state index in [0.717, 1.165) is 36.3 Å². The summed E-state index contributed by atoms with van der Waals surface area (Å²) in [6, 6.07) is 9.82. The molecule has 0 saturated carbocycles. The lowest BCUT2D eigenvalue weighted by atomic mass is 10.1. The van der Waals surface area contributed by atoms with Crippen LogP contribution in [0, 0.1) is 0 Å². The van der Waals surface area contributed by atoms with Crippen molar-refractivity contribution in [2.75, 3.05) is 32.8 Å². The molecule has 0 atom stereocenters. The van der Waals surface area contributed by atoms with Gasteiger partial charge in [0.25, 0.3) is 0 Å². The van der Waals surface area contributed by atoms with E-state index in [0.29, 0.717) is 19.6 Å². The number of carbonyl (C=O) groups excluding carboxylic acids is 1. The first-order valence-corrected chi connectivity index (χ1v) is 9.78. The number of likely N-dealkylation sites (tertiary alicyclic amines) is 1. The molecule has 5 nitrogen and oxygen atoms in total. The molecule has 1 fully saturated rings. The molecular weight excluding hydrogens is 326 g/mol. The standard InChI is InChI=1S/C21H29N3O2/c25-20(11-16-24-14-4-2-1-3-5-15-24)22-13-17-26-19-10-6-8-18-9-7-12-23-21(18)19/h6-10,12H,1-5,11,13-17H2,(H,22,25). The summed E-state index contributed by atoms with van der Waals surface area (Å²) in [5, 5.41) is 4.02. The highest BCUT2D eigenvalue weighted by atomic mass is 16.5. The van der Waals surface area contributed by atoms with Crippen molar-refractivity contribution >= 4 is 16.8 Å². The lowest BCUT2D eigenvalue weighted by Gasteiger charge is -2.24. The summed E-state index contributed by atoms with van der Waals surface area (Å²) in [5.74, 6) is 0.865. The van der Waals surface area contributed by atoms with Crippen LogP contribution < -0.4 is 10.1 Å². The Morgan fingerprint density at radius 3 is 2.69 bits per heavy atom. The van der Waals surface area contributed by atoms with Crippen molar-refractivity contribution < 1.29 is 9.53 Å². The first kappa shape index (κ1) is 18.6. The molecule has 26 heavy (non-hydrogen) atoms. The third-order valence-corrected chi connectivity index (χ3v) is 4.88. The van der Waals surface area contributed by atoms with Crippen molar-refractivity contribution in [3.63, 3.8) is 0 Å². The highest BCUT2D eigenvalue weighted by Gasteiger charge is 2.10. The molecule has 1 amide bonds. The Kier molecular flexibility index (Phi) is 7.25. The van der Waals surface area contributed by atoms with Gasteiger partial charge in [0.05, 0.1) is 6.54 Å². The fourth-order valence-corrected chi connectivity index (χ4v) is 3.43. The number of rotatable bonds is 7. The Morgan fingerprint density at radius 2 is 1.85 bits per heavy atom. The summed E-state index contributed by atoms with van der Waals surface area (Å²) < 4.78 is 5.81. The van der Waals surface area contributed by atoms with Crippen LogP contribution >= 0.6 is 0 Å². The molecule has 1 aliphatic rings. The van der Waals surface area contributed by atoms with Crippen LogP contribution in [0.2, 0.25) is 0 Å². The van der Waals surface area contributed by atoms with Crippen molar-refractivity contribution in [3.8, 4) is 5.75 Å². The van der Waals surface area contributed by atoms with Crippen LogP contribution in [0.5, 0.6) is 5.75 Å². The van der Waals surface area contributed by atoms with Gasteiger partial charge in [0.1, 0.15) is 17.9 Å². The molecule has 1 saturated heterocycles. The minimum absolute atomic E-state index is 0.103. The lowest BCUT2D eigenvalue weighted by Crippen LogP contribution is -2.34. The van der Waals surface area contributed by atoms with Gasteiger partial charge in [-0.2, -0.15) is 0 Å². The second-order valence-corrected chi connectivity index (χ2v) is 6.89. The number of para-hydroxylation sites is 1. The van der Waals surface area contributed by atoms with Crippen LogP contribution in [-0.2, 0) is 4.79 Å². The maximum absolute atomic E-state index is 12.1. The quantitative estimate of drug-likeness (QED) is 0.774. The second-order valence-electron chi connectivity index (χ2n) is 6.89. The van der Waals surface area contributed by atoms with E-state index in [1.54, 1.807) is 6.20 Å². The summed E-state index contributed by atoms with van der Waals surface area (Å²) >= 11 is 0. The number of hydrogen-bond acceptors (Lipinski definition) is 4. The van der Waals surface area contributed by atoms with Gasteiger partial charge in [-0.15, -0.1) is 0 Å². The second kappa shape index (κ2) is 10.1. The smallest absolute Gasteiger partial charge is 0.221 e. The van der Waals surface area contributed by atoms with Crippen LogP contribution in [0.1, 0.15) is 38.5 Å². The SMILES string of the molecule is O=C(CCN1CCCCCCC1)NCCOc1cccc2cccnc12. The van der Waals surface area contributed by atoms with Crippen LogP contribution in [0.3, 0.4) is 0 Å². The van der Waals surface area contributed by atoms with Gasteiger partial charge in [0, 0.05) is 24.5 Å². The molecule has 0 aliphatic carbocycles. The number of fused-ring (bicyclic) bond motifs is 1. The van der Waals surface area contributed by atoms with Gasteiger partial charge in [0.15, 0.2) is 0 Å². The molecule has 1 aromatic heterocycles. The summed E-state index contributed by atoms with van der Waals surface area (Å²) in [6.07, 6.45) is 8.85. The molecule has 2 aromatic rings. The fraction of sp³-hybridized carbons (Fsp3) is 0.524. The molecule has 1 aromatic carbocycles. The molecule has 0 bridgehead atoms. The minimum atomic E-state index is 0.103. The number of pyridine rings is 1. The van der Waals surface area contributed by atoms with Crippen LogP contribution in [0.15, 0.2) is 36.5 Å². The lowest BCUT2D eigenvalue weighted by molar-refractivity contribution is -0.121. The van der Waals surface area contributed by atoms with E-state index in [-0.39, 0.29) is 5.91 Å². The van der Waals surface area contributed by atoms with E-state index in [1.807, 2.05) is 30.3 Å². The summed E-state index contributed by atoms with van der Waals surface area (Å²) in [7, 11) is 0. The summed E-state index contributed by atoms with van der Waals surface area (Å²) in [6.45, 7) is 4.09. The van der Waals surface area contributed by atoms with E-state index >= 15 is 0 Å². The average molecular weight is 355 g/mol. The highest BCUT2D eigenvalue weighted by Crippen LogP contribution is 2.22. The van der Waals surface area contributed by atoms with Crippen LogP contribution in [0.4, 0.5) is 0 Å². The third kappa shape index (κ3) is 5.70. The zero-order chi connectivity index (χ0) is 18.0. The van der Waals surface area contributed by atoms with Gasteiger partial charge in [0.2, 0.25) is 5.91 Å². The van der Waals surface area contributed by atoms with Crippen molar-refractivity contribution in [1.29, 1.82) is 0 Å². The number of nitrogens with zero attached hydrogens (tertiary/aromatic N) is 2. The Hall–Kier alpha value is -2.14. The van der Waals surface area contributed by atoms with E-state index < -0.39 is 0 Å². The Morgan fingerprint density at radius 1 is 1.08 bits per heavy atom. The molecule has 2 heterocycles. The fourth-order valence-electron chi connectivity index (χ4n) is 3.43. The molecular formula is C21H29N3O2. The molecule has 0 unspecified atom stereocenters. The van der Waals surface area contributed by atoms with Crippen molar-refractivity contribution in [3.05, 3.63) is 36.5 Å². The number of nitrogens with one attached hydrogen (secondary N) is 1. The van der Waals surface area contributed by atoms with E-state index in [9.17, 15) is 4.79 Å². The van der Waals surface area contributed by atoms with Crippen molar-refractivity contribution in [2.24, 2.45) is 0 Å². The maximum Gasteiger partial charge on any atom is 0.221 e. The first-order chi connectivity index (χ1) is 12.8. The molecule has 0 spiro atoms. The van der Waals surface area contributed by atoms with Gasteiger partial charge in [-0.05, 0) is 38.1 Å². The monoisotopic (exact) mass is 355 g/mol. The normalized spacial score (nSPS) is 16.0. The molecule has 1 N–H and O–H groups in total.